The van der Waals surface area contributed by atoms with Crippen molar-refractivity contribution in [2.75, 3.05) is 25.4 Å². The highest BCUT2D eigenvalue weighted by Crippen LogP contribution is 2.23. The predicted octanol–water partition coefficient (Wildman–Crippen LogP) is 1.27. The van der Waals surface area contributed by atoms with Crippen molar-refractivity contribution in [3.8, 4) is 0 Å². The fourth-order valence-electron chi connectivity index (χ4n) is 2.46. The zero-order valence-electron chi connectivity index (χ0n) is 13.7. The van der Waals surface area contributed by atoms with Crippen LogP contribution in [-0.4, -0.2) is 39.2 Å². The van der Waals surface area contributed by atoms with Gasteiger partial charge in [0.05, 0.1) is 0 Å². The van der Waals surface area contributed by atoms with Crippen molar-refractivity contribution in [3.05, 3.63) is 17.7 Å². The molecular formula is C15H22N6O2. The monoisotopic (exact) mass is 318 g/mol. The van der Waals surface area contributed by atoms with Gasteiger partial charge in [0.25, 0.3) is 0 Å². The predicted molar refractivity (Wildman–Crippen MR) is 87.2 cm³/mol. The Morgan fingerprint density at radius 3 is 2.87 bits per heavy atom. The van der Waals surface area contributed by atoms with Crippen molar-refractivity contribution >= 4 is 22.7 Å². The van der Waals surface area contributed by atoms with Crippen molar-refractivity contribution < 1.29 is 9.78 Å². The largest absolute Gasteiger partial charge is 0.382 e. The molecular weight excluding hydrogens is 296 g/mol. The molecule has 0 aliphatic carbocycles. The van der Waals surface area contributed by atoms with E-state index in [4.69, 9.17) is 15.5 Å². The second-order valence-electron chi connectivity index (χ2n) is 5.95. The number of nitrogens with two attached hydrogens (primary N) is 1. The summed E-state index contributed by atoms with van der Waals surface area (Å²) < 4.78 is 2.04. The van der Waals surface area contributed by atoms with Crippen LogP contribution in [0, 0.1) is 12.8 Å². The number of imidazole rings is 1. The Kier molecular flexibility index (Phi) is 4.44. The minimum atomic E-state index is 0.346. The van der Waals surface area contributed by atoms with E-state index in [1.54, 1.807) is 6.08 Å². The molecule has 0 amide bonds. The summed E-state index contributed by atoms with van der Waals surface area (Å²) in [5.74, 6) is 2.73. The van der Waals surface area contributed by atoms with E-state index in [9.17, 15) is 0 Å². The Hall–Kier alpha value is -2.19. The molecule has 0 fully saturated rings. The zero-order valence-corrected chi connectivity index (χ0v) is 13.7. The van der Waals surface area contributed by atoms with Crippen LogP contribution in [0.2, 0.25) is 0 Å². The van der Waals surface area contributed by atoms with Gasteiger partial charge in [0.1, 0.15) is 12.4 Å². The maximum atomic E-state index is 6.04. The number of hydrogen-bond acceptors (Lipinski definition) is 7. The Labute approximate surface area is 134 Å². The summed E-state index contributed by atoms with van der Waals surface area (Å²) in [5, 5.41) is 3.42. The normalized spacial score (nSPS) is 14.5. The molecule has 1 aliphatic heterocycles. The van der Waals surface area contributed by atoms with E-state index in [1.807, 2.05) is 11.5 Å². The second kappa shape index (κ2) is 6.51. The van der Waals surface area contributed by atoms with Gasteiger partial charge in [0, 0.05) is 13.1 Å². The van der Waals surface area contributed by atoms with Gasteiger partial charge in [-0.15, -0.1) is 0 Å². The zero-order chi connectivity index (χ0) is 16.4. The first-order chi connectivity index (χ1) is 11.1. The van der Waals surface area contributed by atoms with E-state index < -0.39 is 0 Å². The molecule has 0 unspecified atom stereocenters. The number of nitrogens with zero attached hydrogens (tertiary/aromatic N) is 4. The number of hydrogen-bond donors (Lipinski definition) is 2. The highest BCUT2D eigenvalue weighted by atomic mass is 17.2. The molecule has 1 aliphatic rings. The summed E-state index contributed by atoms with van der Waals surface area (Å²) in [4.78, 5) is 23.2. The number of aromatic nitrogens is 4. The van der Waals surface area contributed by atoms with Crippen molar-refractivity contribution in [1.29, 1.82) is 0 Å². The molecule has 3 rings (SSSR count). The molecule has 2 aromatic heterocycles. The molecule has 124 valence electrons. The van der Waals surface area contributed by atoms with Crippen LogP contribution in [0.3, 0.4) is 0 Å². The van der Waals surface area contributed by atoms with Gasteiger partial charge in [0.15, 0.2) is 17.0 Å². The summed E-state index contributed by atoms with van der Waals surface area (Å²) in [6, 6.07) is 0. The standard InChI is InChI=1S/C15H22N6O2/c1-9(2)8-17-5-6-21-10(3)18-12-13(16)19-14(20-15(12)21)11-4-7-22-23-11/h4,9,17H,5-8H2,1-3H3,(H2,16,19,20). The van der Waals surface area contributed by atoms with Crippen LogP contribution in [-0.2, 0) is 16.3 Å². The van der Waals surface area contributed by atoms with Gasteiger partial charge >= 0.3 is 0 Å². The topological polar surface area (TPSA) is 100 Å². The van der Waals surface area contributed by atoms with Crippen LogP contribution in [0.5, 0.6) is 0 Å². The molecule has 8 nitrogen and oxygen atoms in total. The maximum absolute atomic E-state index is 6.04. The molecule has 0 saturated carbocycles. The summed E-state index contributed by atoms with van der Waals surface area (Å²) in [7, 11) is 0. The fourth-order valence-corrected chi connectivity index (χ4v) is 2.46. The first-order valence-electron chi connectivity index (χ1n) is 7.77. The van der Waals surface area contributed by atoms with E-state index in [1.165, 1.54) is 0 Å². The van der Waals surface area contributed by atoms with Gasteiger partial charge in [-0.2, -0.15) is 4.89 Å². The molecule has 0 saturated heterocycles. The minimum Gasteiger partial charge on any atom is -0.382 e. The average Bonchev–Trinajstić information content (AvgIpc) is 3.12. The lowest BCUT2D eigenvalue weighted by Gasteiger charge is -2.10. The Balaban J connectivity index is 1.89. The SMILES string of the molecule is Cc1nc2c(N)nc(C3=CCOO3)nc2n1CCNCC(C)C. The summed E-state index contributed by atoms with van der Waals surface area (Å²) in [6.45, 7) is 9.27. The first-order valence-corrected chi connectivity index (χ1v) is 7.77. The van der Waals surface area contributed by atoms with Crippen LogP contribution in [0.15, 0.2) is 6.08 Å². The van der Waals surface area contributed by atoms with Gasteiger partial charge in [-0.1, -0.05) is 13.8 Å². The Morgan fingerprint density at radius 1 is 1.35 bits per heavy atom. The highest BCUT2D eigenvalue weighted by Gasteiger charge is 2.19. The Morgan fingerprint density at radius 2 is 2.17 bits per heavy atom. The molecule has 0 bridgehead atoms. The minimum absolute atomic E-state index is 0.346. The van der Waals surface area contributed by atoms with Crippen LogP contribution in [0.4, 0.5) is 5.82 Å². The fraction of sp³-hybridized carbons (Fsp3) is 0.533. The summed E-state index contributed by atoms with van der Waals surface area (Å²) >= 11 is 0. The quantitative estimate of drug-likeness (QED) is 0.611. The number of nitrogens with one attached hydrogen (secondary N) is 1. The van der Waals surface area contributed by atoms with E-state index in [0.29, 0.717) is 41.1 Å². The number of nitrogen functional groups attached to an aromatic ring is 1. The molecule has 3 heterocycles. The smallest absolute Gasteiger partial charge is 0.208 e. The van der Waals surface area contributed by atoms with E-state index in [2.05, 4.69) is 34.1 Å². The van der Waals surface area contributed by atoms with E-state index >= 15 is 0 Å². The molecule has 23 heavy (non-hydrogen) atoms. The molecule has 8 heteroatoms. The molecule has 2 aromatic rings. The van der Waals surface area contributed by atoms with Gasteiger partial charge in [-0.25, -0.2) is 15.0 Å². The van der Waals surface area contributed by atoms with Gasteiger partial charge in [-0.3, -0.25) is 0 Å². The van der Waals surface area contributed by atoms with Crippen molar-refractivity contribution in [3.63, 3.8) is 0 Å². The van der Waals surface area contributed by atoms with Gasteiger partial charge in [-0.05, 0) is 25.5 Å². The highest BCUT2D eigenvalue weighted by molar-refractivity contribution is 5.83. The molecule has 0 radical (unpaired) electrons. The number of rotatable bonds is 6. The third-order valence-corrected chi connectivity index (χ3v) is 3.58. The Bertz CT molecular complexity index is 737. The van der Waals surface area contributed by atoms with Crippen molar-refractivity contribution in [2.45, 2.75) is 27.3 Å². The third kappa shape index (κ3) is 3.27. The molecule has 0 spiro atoms. The molecule has 0 aromatic carbocycles. The number of anilines is 1. The van der Waals surface area contributed by atoms with E-state index in [0.717, 1.165) is 25.5 Å². The van der Waals surface area contributed by atoms with Crippen LogP contribution in [0.25, 0.3) is 16.9 Å². The lowest BCUT2D eigenvalue weighted by atomic mass is 10.2. The third-order valence-electron chi connectivity index (χ3n) is 3.58. The van der Waals surface area contributed by atoms with E-state index in [-0.39, 0.29) is 0 Å². The number of fused-ring (bicyclic) bond motifs is 1. The second-order valence-corrected chi connectivity index (χ2v) is 5.95. The van der Waals surface area contributed by atoms with Crippen molar-refractivity contribution in [1.82, 2.24) is 24.8 Å². The lowest BCUT2D eigenvalue weighted by molar-refractivity contribution is -0.209. The molecule has 3 N–H and O–H groups in total. The summed E-state index contributed by atoms with van der Waals surface area (Å²) in [5.41, 5.74) is 7.37. The lowest BCUT2D eigenvalue weighted by Crippen LogP contribution is -2.24. The average molecular weight is 318 g/mol. The van der Waals surface area contributed by atoms with Crippen molar-refractivity contribution in [2.24, 2.45) is 5.92 Å². The summed E-state index contributed by atoms with van der Waals surface area (Å²) in [6.07, 6.45) is 1.78. The van der Waals surface area contributed by atoms with Gasteiger partial charge in [0.2, 0.25) is 11.6 Å². The maximum Gasteiger partial charge on any atom is 0.208 e. The molecule has 0 atom stereocenters. The number of aryl methyl sites for hydroxylation is 1. The van der Waals surface area contributed by atoms with Crippen LogP contribution >= 0.6 is 0 Å². The first kappa shape index (κ1) is 15.7. The van der Waals surface area contributed by atoms with Crippen LogP contribution < -0.4 is 11.1 Å². The van der Waals surface area contributed by atoms with Gasteiger partial charge < -0.3 is 20.5 Å². The van der Waals surface area contributed by atoms with Crippen LogP contribution in [0.1, 0.15) is 25.5 Å².